The summed E-state index contributed by atoms with van der Waals surface area (Å²) in [5.41, 5.74) is 2.00. The Morgan fingerprint density at radius 1 is 1.35 bits per heavy atom. The molecule has 1 rings (SSSR count). The van der Waals surface area contributed by atoms with Crippen LogP contribution in [0.3, 0.4) is 0 Å². The van der Waals surface area contributed by atoms with Crippen LogP contribution in [0.25, 0.3) is 0 Å². The van der Waals surface area contributed by atoms with Crippen molar-refractivity contribution >= 4 is 5.97 Å². The lowest BCUT2D eigenvalue weighted by atomic mass is 9.99. The number of ether oxygens (including phenoxy) is 2. The highest BCUT2D eigenvalue weighted by atomic mass is 16.5. The summed E-state index contributed by atoms with van der Waals surface area (Å²) in [7, 11) is 3.24. The summed E-state index contributed by atoms with van der Waals surface area (Å²) in [5, 5.41) is 8.71. The Hall–Kier alpha value is -1.39. The van der Waals surface area contributed by atoms with Crippen LogP contribution in [0.4, 0.5) is 0 Å². The van der Waals surface area contributed by atoms with Crippen molar-refractivity contribution in [3.05, 3.63) is 35.4 Å². The van der Waals surface area contributed by atoms with Gasteiger partial charge in [0.25, 0.3) is 0 Å². The number of carboxylic acid groups (broad SMARTS) is 1. The highest BCUT2D eigenvalue weighted by Gasteiger charge is 2.14. The molecule has 0 radical (unpaired) electrons. The predicted octanol–water partition coefficient (Wildman–Crippen LogP) is 2.04. The van der Waals surface area contributed by atoms with Crippen molar-refractivity contribution in [2.45, 2.75) is 18.9 Å². The molecule has 4 heteroatoms. The molecular formula is C13H18O4. The van der Waals surface area contributed by atoms with E-state index in [1.54, 1.807) is 14.2 Å². The first-order chi connectivity index (χ1) is 8.19. The lowest BCUT2D eigenvalue weighted by Gasteiger charge is -2.18. The number of aryl methyl sites for hydroxylation is 1. The normalized spacial score (nSPS) is 12.4. The molecule has 0 heterocycles. The summed E-state index contributed by atoms with van der Waals surface area (Å²) < 4.78 is 10.4. The van der Waals surface area contributed by atoms with E-state index in [2.05, 4.69) is 0 Å². The minimum absolute atomic E-state index is 0.125. The van der Waals surface area contributed by atoms with Gasteiger partial charge in [0.15, 0.2) is 0 Å². The highest BCUT2D eigenvalue weighted by molar-refractivity contribution is 5.67. The molecule has 0 saturated heterocycles. The maximum atomic E-state index is 10.6. The van der Waals surface area contributed by atoms with Gasteiger partial charge in [-0.25, -0.2) is 0 Å². The van der Waals surface area contributed by atoms with Gasteiger partial charge in [0, 0.05) is 20.6 Å². The molecule has 0 spiro atoms. The van der Waals surface area contributed by atoms with Crippen molar-refractivity contribution in [2.24, 2.45) is 0 Å². The predicted molar refractivity (Wildman–Crippen MR) is 64.0 cm³/mol. The SMILES string of the molecule is COCC(OC)c1ccccc1CCC(=O)O. The van der Waals surface area contributed by atoms with Crippen LogP contribution in [0.5, 0.6) is 0 Å². The number of benzene rings is 1. The van der Waals surface area contributed by atoms with Crippen LogP contribution >= 0.6 is 0 Å². The van der Waals surface area contributed by atoms with Crippen molar-refractivity contribution in [3.63, 3.8) is 0 Å². The first kappa shape index (κ1) is 13.7. The van der Waals surface area contributed by atoms with Gasteiger partial charge in [-0.2, -0.15) is 0 Å². The van der Waals surface area contributed by atoms with Gasteiger partial charge < -0.3 is 14.6 Å². The second kappa shape index (κ2) is 7.04. The van der Waals surface area contributed by atoms with Crippen molar-refractivity contribution < 1.29 is 19.4 Å². The first-order valence-corrected chi connectivity index (χ1v) is 5.50. The Kier molecular flexibility index (Phi) is 5.66. The molecule has 4 nitrogen and oxygen atoms in total. The van der Waals surface area contributed by atoms with Crippen LogP contribution in [-0.2, 0) is 20.7 Å². The zero-order valence-electron chi connectivity index (χ0n) is 10.2. The molecule has 1 unspecified atom stereocenters. The smallest absolute Gasteiger partial charge is 0.303 e. The maximum absolute atomic E-state index is 10.6. The molecule has 0 bridgehead atoms. The summed E-state index contributed by atoms with van der Waals surface area (Å²) in [6, 6.07) is 7.70. The summed E-state index contributed by atoms with van der Waals surface area (Å²) >= 11 is 0. The molecule has 0 aliphatic heterocycles. The van der Waals surface area contributed by atoms with Crippen molar-refractivity contribution in [1.29, 1.82) is 0 Å². The number of carboxylic acids is 1. The first-order valence-electron chi connectivity index (χ1n) is 5.50. The van der Waals surface area contributed by atoms with Gasteiger partial charge in [0.1, 0.15) is 6.10 Å². The Balaban J connectivity index is 2.85. The molecule has 1 atom stereocenters. The topological polar surface area (TPSA) is 55.8 Å². The molecule has 0 aliphatic carbocycles. The zero-order chi connectivity index (χ0) is 12.7. The Morgan fingerprint density at radius 3 is 2.65 bits per heavy atom. The summed E-state index contributed by atoms with van der Waals surface area (Å²) in [6.45, 7) is 0.459. The van der Waals surface area contributed by atoms with Gasteiger partial charge in [0.2, 0.25) is 0 Å². The fourth-order valence-electron chi connectivity index (χ4n) is 1.75. The second-order valence-electron chi connectivity index (χ2n) is 3.77. The van der Waals surface area contributed by atoms with E-state index >= 15 is 0 Å². The number of hydrogen-bond acceptors (Lipinski definition) is 3. The molecule has 0 aromatic heterocycles. The monoisotopic (exact) mass is 238 g/mol. The average molecular weight is 238 g/mol. The molecule has 0 fully saturated rings. The van der Waals surface area contributed by atoms with E-state index in [0.29, 0.717) is 13.0 Å². The molecule has 0 aliphatic rings. The van der Waals surface area contributed by atoms with Gasteiger partial charge in [0.05, 0.1) is 6.61 Å². The lowest BCUT2D eigenvalue weighted by Crippen LogP contribution is -2.11. The number of carbonyl (C=O) groups is 1. The Labute approximate surface area is 101 Å². The van der Waals surface area contributed by atoms with E-state index in [-0.39, 0.29) is 12.5 Å². The molecule has 0 amide bonds. The van der Waals surface area contributed by atoms with Crippen molar-refractivity contribution in [3.8, 4) is 0 Å². The number of methoxy groups -OCH3 is 2. The standard InChI is InChI=1S/C13H18O4/c1-16-9-12(17-2)11-6-4-3-5-10(11)7-8-13(14)15/h3-6,12H,7-9H2,1-2H3,(H,14,15). The summed E-state index contributed by atoms with van der Waals surface area (Å²) in [5.74, 6) is -0.791. The molecule has 1 N–H and O–H groups in total. The van der Waals surface area contributed by atoms with Crippen LogP contribution in [0.15, 0.2) is 24.3 Å². The van der Waals surface area contributed by atoms with Crippen LogP contribution in [0.1, 0.15) is 23.7 Å². The molecule has 17 heavy (non-hydrogen) atoms. The lowest BCUT2D eigenvalue weighted by molar-refractivity contribution is -0.136. The third-order valence-corrected chi connectivity index (χ3v) is 2.61. The van der Waals surface area contributed by atoms with E-state index in [1.165, 1.54) is 0 Å². The molecule has 1 aromatic carbocycles. The van der Waals surface area contributed by atoms with Crippen molar-refractivity contribution in [2.75, 3.05) is 20.8 Å². The Morgan fingerprint density at radius 2 is 2.06 bits per heavy atom. The average Bonchev–Trinajstić information content (AvgIpc) is 2.34. The van der Waals surface area contributed by atoms with Crippen LogP contribution in [0.2, 0.25) is 0 Å². The van der Waals surface area contributed by atoms with Gasteiger partial charge >= 0.3 is 5.97 Å². The van der Waals surface area contributed by atoms with Crippen molar-refractivity contribution in [1.82, 2.24) is 0 Å². The van der Waals surface area contributed by atoms with E-state index < -0.39 is 5.97 Å². The molecule has 0 saturated carbocycles. The van der Waals surface area contributed by atoms with E-state index in [4.69, 9.17) is 14.6 Å². The second-order valence-corrected chi connectivity index (χ2v) is 3.77. The van der Waals surface area contributed by atoms with Gasteiger partial charge in [-0.15, -0.1) is 0 Å². The van der Waals surface area contributed by atoms with E-state index in [0.717, 1.165) is 11.1 Å². The Bertz CT molecular complexity index is 362. The largest absolute Gasteiger partial charge is 0.481 e. The van der Waals surface area contributed by atoms with Crippen LogP contribution in [-0.4, -0.2) is 31.9 Å². The molecule has 1 aromatic rings. The molecular weight excluding hydrogens is 220 g/mol. The number of aliphatic carboxylic acids is 1. The van der Waals surface area contributed by atoms with E-state index in [9.17, 15) is 4.79 Å². The third-order valence-electron chi connectivity index (χ3n) is 2.61. The van der Waals surface area contributed by atoms with Gasteiger partial charge in [-0.3, -0.25) is 4.79 Å². The fraction of sp³-hybridized carbons (Fsp3) is 0.462. The molecule has 94 valence electrons. The summed E-state index contributed by atoms with van der Waals surface area (Å²) in [4.78, 5) is 10.6. The highest BCUT2D eigenvalue weighted by Crippen LogP contribution is 2.22. The van der Waals surface area contributed by atoms with E-state index in [1.807, 2.05) is 24.3 Å². The zero-order valence-corrected chi connectivity index (χ0v) is 10.2. The number of rotatable bonds is 7. The van der Waals surface area contributed by atoms with Gasteiger partial charge in [-0.1, -0.05) is 24.3 Å². The quantitative estimate of drug-likeness (QED) is 0.789. The fourth-order valence-corrected chi connectivity index (χ4v) is 1.75. The van der Waals surface area contributed by atoms with Gasteiger partial charge in [-0.05, 0) is 17.5 Å². The summed E-state index contributed by atoms with van der Waals surface area (Å²) in [6.07, 6.45) is 0.486. The third kappa shape index (κ3) is 4.17. The minimum atomic E-state index is -0.791. The minimum Gasteiger partial charge on any atom is -0.481 e. The number of hydrogen-bond donors (Lipinski definition) is 1. The maximum Gasteiger partial charge on any atom is 0.303 e. The van der Waals surface area contributed by atoms with Crippen LogP contribution < -0.4 is 0 Å². The van der Waals surface area contributed by atoms with Crippen LogP contribution in [0, 0.1) is 0 Å².